The van der Waals surface area contributed by atoms with Crippen molar-refractivity contribution in [3.63, 3.8) is 0 Å². The first-order valence-corrected chi connectivity index (χ1v) is 7.04. The fourth-order valence-electron chi connectivity index (χ4n) is 3.21. The lowest BCUT2D eigenvalue weighted by Gasteiger charge is -2.31. The van der Waals surface area contributed by atoms with Crippen LogP contribution in [0.5, 0.6) is 0 Å². The van der Waals surface area contributed by atoms with E-state index in [1.54, 1.807) is 0 Å². The summed E-state index contributed by atoms with van der Waals surface area (Å²) in [5.41, 5.74) is 5.93. The standard InChI is InChI=1S/C13H27N3/c14-9-12(11-5-7-15-8-6-11)10-16-13-3-1-2-4-13/h11-13,15-16H,1-10,14H2. The number of piperidine rings is 1. The molecule has 0 aromatic carbocycles. The van der Waals surface area contributed by atoms with E-state index in [1.165, 1.54) is 51.6 Å². The molecule has 2 aliphatic rings. The summed E-state index contributed by atoms with van der Waals surface area (Å²) < 4.78 is 0. The summed E-state index contributed by atoms with van der Waals surface area (Å²) in [6.45, 7) is 4.37. The quantitative estimate of drug-likeness (QED) is 0.656. The zero-order chi connectivity index (χ0) is 11.2. The van der Waals surface area contributed by atoms with Crippen molar-refractivity contribution in [2.45, 2.75) is 44.6 Å². The van der Waals surface area contributed by atoms with Crippen molar-refractivity contribution < 1.29 is 0 Å². The number of hydrogen-bond donors (Lipinski definition) is 3. The number of nitrogens with one attached hydrogen (secondary N) is 2. The van der Waals surface area contributed by atoms with E-state index in [2.05, 4.69) is 10.6 Å². The normalized spacial score (nSPS) is 26.1. The van der Waals surface area contributed by atoms with Crippen LogP contribution in [0.3, 0.4) is 0 Å². The monoisotopic (exact) mass is 225 g/mol. The van der Waals surface area contributed by atoms with Crippen LogP contribution >= 0.6 is 0 Å². The van der Waals surface area contributed by atoms with Gasteiger partial charge in [-0.25, -0.2) is 0 Å². The van der Waals surface area contributed by atoms with Gasteiger partial charge in [-0.15, -0.1) is 0 Å². The van der Waals surface area contributed by atoms with Crippen LogP contribution in [0.1, 0.15) is 38.5 Å². The maximum Gasteiger partial charge on any atom is 0.00671 e. The second-order valence-electron chi connectivity index (χ2n) is 5.47. The molecule has 3 nitrogen and oxygen atoms in total. The van der Waals surface area contributed by atoms with Crippen LogP contribution in [-0.4, -0.2) is 32.2 Å². The van der Waals surface area contributed by atoms with Crippen LogP contribution < -0.4 is 16.4 Å². The first kappa shape index (κ1) is 12.3. The Labute approximate surface area is 99.5 Å². The Kier molecular flexibility index (Phi) is 5.07. The molecule has 1 saturated heterocycles. The lowest BCUT2D eigenvalue weighted by molar-refractivity contribution is 0.250. The Bertz CT molecular complexity index is 184. The minimum absolute atomic E-state index is 0.697. The molecule has 0 aromatic rings. The second kappa shape index (κ2) is 6.58. The first-order chi connectivity index (χ1) is 7.90. The molecule has 1 unspecified atom stereocenters. The summed E-state index contributed by atoms with van der Waals surface area (Å²) in [7, 11) is 0. The summed E-state index contributed by atoms with van der Waals surface area (Å²) in [4.78, 5) is 0. The zero-order valence-electron chi connectivity index (χ0n) is 10.4. The van der Waals surface area contributed by atoms with E-state index < -0.39 is 0 Å². The molecule has 1 aliphatic carbocycles. The molecule has 16 heavy (non-hydrogen) atoms. The summed E-state index contributed by atoms with van der Waals surface area (Å²) in [6, 6.07) is 0.788. The molecule has 4 N–H and O–H groups in total. The van der Waals surface area contributed by atoms with Crippen molar-refractivity contribution in [1.82, 2.24) is 10.6 Å². The van der Waals surface area contributed by atoms with E-state index in [0.29, 0.717) is 5.92 Å². The van der Waals surface area contributed by atoms with Crippen molar-refractivity contribution in [3.8, 4) is 0 Å². The molecule has 3 heteroatoms. The smallest absolute Gasteiger partial charge is 0.00671 e. The largest absolute Gasteiger partial charge is 0.330 e. The maximum absolute atomic E-state index is 5.93. The predicted octanol–water partition coefficient (Wildman–Crippen LogP) is 1.09. The van der Waals surface area contributed by atoms with Gasteiger partial charge in [0.15, 0.2) is 0 Å². The van der Waals surface area contributed by atoms with Crippen LogP contribution in [0.15, 0.2) is 0 Å². The molecule has 1 saturated carbocycles. The van der Waals surface area contributed by atoms with Gasteiger partial charge in [0.2, 0.25) is 0 Å². The van der Waals surface area contributed by atoms with Crippen molar-refractivity contribution in [1.29, 1.82) is 0 Å². The van der Waals surface area contributed by atoms with Crippen molar-refractivity contribution in [2.24, 2.45) is 17.6 Å². The minimum Gasteiger partial charge on any atom is -0.330 e. The van der Waals surface area contributed by atoms with Crippen LogP contribution in [0.2, 0.25) is 0 Å². The average molecular weight is 225 g/mol. The predicted molar refractivity (Wildman–Crippen MR) is 68.4 cm³/mol. The lowest BCUT2D eigenvalue weighted by Crippen LogP contribution is -2.41. The Morgan fingerprint density at radius 3 is 2.44 bits per heavy atom. The van der Waals surface area contributed by atoms with E-state index in [0.717, 1.165) is 25.0 Å². The number of hydrogen-bond acceptors (Lipinski definition) is 3. The highest BCUT2D eigenvalue weighted by Gasteiger charge is 2.23. The molecule has 0 aromatic heterocycles. The highest BCUT2D eigenvalue weighted by molar-refractivity contribution is 4.81. The van der Waals surface area contributed by atoms with Gasteiger partial charge in [0.25, 0.3) is 0 Å². The summed E-state index contributed by atoms with van der Waals surface area (Å²) >= 11 is 0. The van der Waals surface area contributed by atoms with E-state index in [-0.39, 0.29) is 0 Å². The summed E-state index contributed by atoms with van der Waals surface area (Å²) in [5, 5.41) is 7.16. The molecular formula is C13H27N3. The molecule has 1 aliphatic heterocycles. The minimum atomic E-state index is 0.697. The van der Waals surface area contributed by atoms with Crippen molar-refractivity contribution in [2.75, 3.05) is 26.2 Å². The lowest BCUT2D eigenvalue weighted by atomic mass is 9.84. The van der Waals surface area contributed by atoms with Crippen LogP contribution in [-0.2, 0) is 0 Å². The van der Waals surface area contributed by atoms with Gasteiger partial charge in [0.1, 0.15) is 0 Å². The highest BCUT2D eigenvalue weighted by atomic mass is 14.9. The van der Waals surface area contributed by atoms with E-state index in [4.69, 9.17) is 5.73 Å². The third kappa shape index (κ3) is 3.44. The fourth-order valence-corrected chi connectivity index (χ4v) is 3.21. The molecule has 0 bridgehead atoms. The number of rotatable bonds is 5. The molecule has 1 atom stereocenters. The SMILES string of the molecule is NCC(CNC1CCCC1)C1CCNCC1. The zero-order valence-corrected chi connectivity index (χ0v) is 10.4. The van der Waals surface area contributed by atoms with Gasteiger partial charge in [0.05, 0.1) is 0 Å². The van der Waals surface area contributed by atoms with E-state index in [9.17, 15) is 0 Å². The van der Waals surface area contributed by atoms with Crippen LogP contribution in [0.4, 0.5) is 0 Å². The van der Waals surface area contributed by atoms with Gasteiger partial charge in [-0.3, -0.25) is 0 Å². The van der Waals surface area contributed by atoms with Crippen LogP contribution in [0.25, 0.3) is 0 Å². The number of nitrogens with two attached hydrogens (primary N) is 1. The second-order valence-corrected chi connectivity index (χ2v) is 5.47. The molecule has 0 spiro atoms. The van der Waals surface area contributed by atoms with Gasteiger partial charge in [-0.1, -0.05) is 12.8 Å². The molecule has 94 valence electrons. The average Bonchev–Trinajstić information content (AvgIpc) is 2.84. The maximum atomic E-state index is 5.93. The Hall–Kier alpha value is -0.120. The highest BCUT2D eigenvalue weighted by Crippen LogP contribution is 2.22. The molecule has 2 fully saturated rings. The fraction of sp³-hybridized carbons (Fsp3) is 1.00. The van der Waals surface area contributed by atoms with Crippen molar-refractivity contribution in [3.05, 3.63) is 0 Å². The van der Waals surface area contributed by atoms with Gasteiger partial charge in [-0.2, -0.15) is 0 Å². The van der Waals surface area contributed by atoms with Gasteiger partial charge >= 0.3 is 0 Å². The Morgan fingerprint density at radius 1 is 1.12 bits per heavy atom. The van der Waals surface area contributed by atoms with Gasteiger partial charge < -0.3 is 16.4 Å². The summed E-state index contributed by atoms with van der Waals surface area (Å²) in [5.74, 6) is 1.54. The molecule has 2 rings (SSSR count). The third-order valence-corrected chi connectivity index (χ3v) is 4.38. The van der Waals surface area contributed by atoms with Gasteiger partial charge in [0, 0.05) is 6.04 Å². The first-order valence-electron chi connectivity index (χ1n) is 7.04. The van der Waals surface area contributed by atoms with Crippen LogP contribution in [0, 0.1) is 11.8 Å². The molecule has 0 radical (unpaired) electrons. The Balaban J connectivity index is 1.70. The van der Waals surface area contributed by atoms with E-state index >= 15 is 0 Å². The van der Waals surface area contributed by atoms with Crippen molar-refractivity contribution >= 4 is 0 Å². The molecule has 1 heterocycles. The molecule has 0 amide bonds. The third-order valence-electron chi connectivity index (χ3n) is 4.38. The van der Waals surface area contributed by atoms with Gasteiger partial charge in [-0.05, 0) is 63.7 Å². The molecular weight excluding hydrogens is 198 g/mol. The van der Waals surface area contributed by atoms with E-state index in [1.807, 2.05) is 0 Å². The summed E-state index contributed by atoms with van der Waals surface area (Å²) in [6.07, 6.45) is 8.21. The topological polar surface area (TPSA) is 50.1 Å². The Morgan fingerprint density at radius 2 is 1.81 bits per heavy atom.